The average Bonchev–Trinajstić information content (AvgIpc) is 2.16. The maximum atomic E-state index is 6.17. The smallest absolute Gasteiger partial charge is 0.0746 e. The minimum Gasteiger partial charge on any atom is -0.399 e. The Balaban J connectivity index is 3.03. The third-order valence-electron chi connectivity index (χ3n) is 2.76. The van der Waals surface area contributed by atoms with Crippen molar-refractivity contribution in [2.75, 3.05) is 17.7 Å². The van der Waals surface area contributed by atoms with Gasteiger partial charge in [0.2, 0.25) is 0 Å². The first-order chi connectivity index (χ1) is 7.47. The van der Waals surface area contributed by atoms with Crippen LogP contribution in [0.4, 0.5) is 11.4 Å². The largest absolute Gasteiger partial charge is 0.399 e. The van der Waals surface area contributed by atoms with Gasteiger partial charge in [0, 0.05) is 18.8 Å². The second kappa shape index (κ2) is 5.65. The van der Waals surface area contributed by atoms with E-state index in [0.29, 0.717) is 21.8 Å². The summed E-state index contributed by atoms with van der Waals surface area (Å²) in [6, 6.07) is 3.87. The Kier molecular flexibility index (Phi) is 4.75. The van der Waals surface area contributed by atoms with Gasteiger partial charge in [0.05, 0.1) is 15.7 Å². The number of nitrogens with two attached hydrogens (primary N) is 1. The van der Waals surface area contributed by atoms with Crippen molar-refractivity contribution in [3.05, 3.63) is 22.2 Å². The van der Waals surface area contributed by atoms with Gasteiger partial charge in [-0.1, -0.05) is 36.5 Å². The molecule has 0 bridgehead atoms. The van der Waals surface area contributed by atoms with Crippen LogP contribution in [-0.4, -0.2) is 13.1 Å². The van der Waals surface area contributed by atoms with Gasteiger partial charge in [-0.3, -0.25) is 0 Å². The van der Waals surface area contributed by atoms with E-state index in [9.17, 15) is 0 Å². The number of benzene rings is 1. The maximum Gasteiger partial charge on any atom is 0.0746 e. The fraction of sp³-hybridized carbons (Fsp3) is 0.500. The Bertz CT molecular complexity index is 343. The molecule has 1 atom stereocenters. The minimum atomic E-state index is 0.406. The highest BCUT2D eigenvalue weighted by Crippen LogP contribution is 2.36. The zero-order valence-corrected chi connectivity index (χ0v) is 11.4. The van der Waals surface area contributed by atoms with Crippen molar-refractivity contribution in [1.82, 2.24) is 0 Å². The molecule has 16 heavy (non-hydrogen) atoms. The third kappa shape index (κ3) is 2.96. The van der Waals surface area contributed by atoms with Gasteiger partial charge in [0.15, 0.2) is 0 Å². The van der Waals surface area contributed by atoms with Gasteiger partial charge in [0.25, 0.3) is 0 Å². The Labute approximate surface area is 107 Å². The summed E-state index contributed by atoms with van der Waals surface area (Å²) in [7, 11) is 2.00. The molecule has 1 rings (SSSR count). The second-order valence-electron chi connectivity index (χ2n) is 4.08. The molecule has 0 saturated heterocycles. The monoisotopic (exact) mass is 260 g/mol. The van der Waals surface area contributed by atoms with Crippen LogP contribution in [0.25, 0.3) is 0 Å². The fourth-order valence-electron chi connectivity index (χ4n) is 1.75. The molecule has 90 valence electrons. The van der Waals surface area contributed by atoms with E-state index < -0.39 is 0 Å². The van der Waals surface area contributed by atoms with Crippen LogP contribution in [-0.2, 0) is 0 Å². The molecule has 0 saturated carbocycles. The van der Waals surface area contributed by atoms with Crippen LogP contribution in [0, 0.1) is 0 Å². The Morgan fingerprint density at radius 3 is 2.25 bits per heavy atom. The molecule has 0 amide bonds. The number of anilines is 2. The Morgan fingerprint density at radius 1 is 1.31 bits per heavy atom. The first-order valence-corrected chi connectivity index (χ1v) is 6.20. The summed E-state index contributed by atoms with van der Waals surface area (Å²) in [4.78, 5) is 2.10. The molecule has 0 heterocycles. The summed E-state index contributed by atoms with van der Waals surface area (Å²) in [6.45, 7) is 4.32. The molecular formula is C12H18Cl2N2. The summed E-state index contributed by atoms with van der Waals surface area (Å²) < 4.78 is 0. The van der Waals surface area contributed by atoms with Gasteiger partial charge in [-0.2, -0.15) is 0 Å². The van der Waals surface area contributed by atoms with Crippen LogP contribution in [0.1, 0.15) is 26.7 Å². The number of nitrogens with zero attached hydrogens (tertiary/aromatic N) is 1. The van der Waals surface area contributed by atoms with E-state index in [4.69, 9.17) is 28.9 Å². The lowest BCUT2D eigenvalue weighted by Crippen LogP contribution is -2.29. The summed E-state index contributed by atoms with van der Waals surface area (Å²) in [5, 5.41) is 1.21. The van der Waals surface area contributed by atoms with Gasteiger partial charge in [-0.05, 0) is 25.5 Å². The highest BCUT2D eigenvalue weighted by atomic mass is 35.5. The lowest BCUT2D eigenvalue weighted by molar-refractivity contribution is 0.616. The van der Waals surface area contributed by atoms with Crippen molar-refractivity contribution in [3.63, 3.8) is 0 Å². The number of hydrogen-bond donors (Lipinski definition) is 1. The van der Waals surface area contributed by atoms with Crippen molar-refractivity contribution in [3.8, 4) is 0 Å². The predicted octanol–water partition coefficient (Wildman–Crippen LogP) is 4.20. The van der Waals surface area contributed by atoms with Crippen molar-refractivity contribution >= 4 is 34.6 Å². The van der Waals surface area contributed by atoms with Gasteiger partial charge in [-0.15, -0.1) is 0 Å². The first-order valence-electron chi connectivity index (χ1n) is 5.44. The molecule has 0 aliphatic carbocycles. The zero-order chi connectivity index (χ0) is 12.3. The van der Waals surface area contributed by atoms with E-state index in [1.54, 1.807) is 12.1 Å². The van der Waals surface area contributed by atoms with Gasteiger partial charge in [0.1, 0.15) is 0 Å². The first kappa shape index (κ1) is 13.5. The maximum absolute atomic E-state index is 6.17. The van der Waals surface area contributed by atoms with E-state index in [1.807, 2.05) is 7.05 Å². The molecule has 0 radical (unpaired) electrons. The molecule has 0 aliphatic rings. The highest BCUT2D eigenvalue weighted by Gasteiger charge is 2.16. The summed E-state index contributed by atoms with van der Waals surface area (Å²) in [5.74, 6) is 0. The van der Waals surface area contributed by atoms with Crippen LogP contribution in [0.5, 0.6) is 0 Å². The van der Waals surface area contributed by atoms with E-state index in [-0.39, 0.29) is 0 Å². The highest BCUT2D eigenvalue weighted by molar-refractivity contribution is 6.39. The minimum absolute atomic E-state index is 0.406. The number of rotatable bonds is 4. The molecule has 0 aromatic heterocycles. The zero-order valence-electron chi connectivity index (χ0n) is 9.93. The van der Waals surface area contributed by atoms with Crippen LogP contribution >= 0.6 is 23.2 Å². The number of halogens is 2. The lowest BCUT2D eigenvalue weighted by Gasteiger charge is -2.28. The Hall–Kier alpha value is -0.600. The number of hydrogen-bond acceptors (Lipinski definition) is 2. The molecule has 2 N–H and O–H groups in total. The predicted molar refractivity (Wildman–Crippen MR) is 73.6 cm³/mol. The lowest BCUT2D eigenvalue weighted by atomic mass is 10.1. The third-order valence-corrected chi connectivity index (χ3v) is 3.34. The number of nitrogen functional groups attached to an aromatic ring is 1. The molecule has 1 aromatic carbocycles. The van der Waals surface area contributed by atoms with Crippen molar-refractivity contribution < 1.29 is 0 Å². The molecule has 0 spiro atoms. The van der Waals surface area contributed by atoms with E-state index in [0.717, 1.165) is 18.5 Å². The second-order valence-corrected chi connectivity index (χ2v) is 4.90. The SMILES string of the molecule is CCCC(C)N(C)c1c(Cl)cc(N)cc1Cl. The molecule has 0 aliphatic heterocycles. The van der Waals surface area contributed by atoms with E-state index in [1.165, 1.54) is 0 Å². The van der Waals surface area contributed by atoms with E-state index >= 15 is 0 Å². The van der Waals surface area contributed by atoms with Gasteiger partial charge in [-0.25, -0.2) is 0 Å². The molecule has 4 heteroatoms. The molecule has 1 aromatic rings. The Morgan fingerprint density at radius 2 is 1.81 bits per heavy atom. The standard InChI is InChI=1S/C12H18Cl2N2/c1-4-5-8(2)16(3)12-10(13)6-9(15)7-11(12)14/h6-8H,4-5,15H2,1-3H3. The van der Waals surface area contributed by atoms with Crippen LogP contribution in [0.2, 0.25) is 10.0 Å². The fourth-order valence-corrected chi connectivity index (χ4v) is 2.52. The molecule has 0 fully saturated rings. The molecule has 2 nitrogen and oxygen atoms in total. The normalized spacial score (nSPS) is 12.6. The summed E-state index contributed by atoms with van der Waals surface area (Å²) in [6.07, 6.45) is 2.24. The van der Waals surface area contributed by atoms with Crippen LogP contribution in [0.3, 0.4) is 0 Å². The van der Waals surface area contributed by atoms with E-state index in [2.05, 4.69) is 18.7 Å². The van der Waals surface area contributed by atoms with Gasteiger partial charge < -0.3 is 10.6 Å². The van der Waals surface area contributed by atoms with Crippen LogP contribution in [0.15, 0.2) is 12.1 Å². The van der Waals surface area contributed by atoms with Crippen LogP contribution < -0.4 is 10.6 Å². The topological polar surface area (TPSA) is 29.3 Å². The average molecular weight is 261 g/mol. The summed E-state index contributed by atoms with van der Waals surface area (Å²) in [5.41, 5.74) is 7.13. The quantitative estimate of drug-likeness (QED) is 0.823. The van der Waals surface area contributed by atoms with Crippen molar-refractivity contribution in [1.29, 1.82) is 0 Å². The van der Waals surface area contributed by atoms with Gasteiger partial charge >= 0.3 is 0 Å². The summed E-state index contributed by atoms with van der Waals surface area (Å²) >= 11 is 12.3. The van der Waals surface area contributed by atoms with Crippen molar-refractivity contribution in [2.45, 2.75) is 32.7 Å². The molecular weight excluding hydrogens is 243 g/mol. The molecule has 1 unspecified atom stereocenters. The van der Waals surface area contributed by atoms with Crippen molar-refractivity contribution in [2.24, 2.45) is 0 Å².